The van der Waals surface area contributed by atoms with Crippen LogP contribution in [0.15, 0.2) is 0 Å². The molecule has 0 atom stereocenters. The van der Waals surface area contributed by atoms with Crippen molar-refractivity contribution in [3.63, 3.8) is 0 Å². The van der Waals surface area contributed by atoms with Crippen LogP contribution in [0.4, 0.5) is 0 Å². The van der Waals surface area contributed by atoms with Gasteiger partial charge in [-0.05, 0) is 24.3 Å². The van der Waals surface area contributed by atoms with Gasteiger partial charge in [-0.2, -0.15) is 23.5 Å². The fourth-order valence-electron chi connectivity index (χ4n) is 4.06. The third-order valence-electron chi connectivity index (χ3n) is 6.36. The Labute approximate surface area is 217 Å². The molecule has 0 rings (SSSR count). The molecule has 0 saturated heterocycles. The topological polar surface area (TPSA) is 34.1 Å². The van der Waals surface area contributed by atoms with E-state index in [2.05, 4.69) is 13.8 Å². The van der Waals surface area contributed by atoms with E-state index >= 15 is 0 Å². The lowest BCUT2D eigenvalue weighted by atomic mass is 10.1. The summed E-state index contributed by atoms with van der Waals surface area (Å²) in [6.07, 6.45) is 27.3. The standard InChI is InChI=1S/C28H58O2S3/c1-3-5-7-9-11-13-15-17-19-21-23-31-25-27-33(29,30)28-26-32-24-22-20-18-16-14-12-10-8-6-4-2/h3-28H2,1-2H3. The Morgan fingerprint density at radius 1 is 0.394 bits per heavy atom. The summed E-state index contributed by atoms with van der Waals surface area (Å²) in [5, 5.41) is 0. The van der Waals surface area contributed by atoms with E-state index < -0.39 is 9.84 Å². The second kappa shape index (κ2) is 27.2. The zero-order valence-corrected chi connectivity index (χ0v) is 24.9. The van der Waals surface area contributed by atoms with Crippen molar-refractivity contribution in [2.45, 2.75) is 142 Å². The molecule has 0 spiro atoms. The highest BCUT2D eigenvalue weighted by Crippen LogP contribution is 2.14. The first kappa shape index (κ1) is 33.7. The third-order valence-corrected chi connectivity index (χ3v) is 10.7. The lowest BCUT2D eigenvalue weighted by Gasteiger charge is -2.06. The Morgan fingerprint density at radius 2 is 0.667 bits per heavy atom. The van der Waals surface area contributed by atoms with Gasteiger partial charge in [0.05, 0.1) is 11.5 Å². The maximum Gasteiger partial charge on any atom is 0.151 e. The molecule has 2 nitrogen and oxygen atoms in total. The van der Waals surface area contributed by atoms with E-state index in [0.29, 0.717) is 11.5 Å². The maximum absolute atomic E-state index is 12.2. The van der Waals surface area contributed by atoms with Gasteiger partial charge in [0, 0.05) is 11.5 Å². The molecule has 0 saturated carbocycles. The van der Waals surface area contributed by atoms with Crippen molar-refractivity contribution >= 4 is 33.4 Å². The summed E-state index contributed by atoms with van der Waals surface area (Å²) in [4.78, 5) is 0. The van der Waals surface area contributed by atoms with Crippen molar-refractivity contribution in [1.82, 2.24) is 0 Å². The summed E-state index contributed by atoms with van der Waals surface area (Å²) in [6.45, 7) is 4.54. The molecule has 0 heterocycles. The summed E-state index contributed by atoms with van der Waals surface area (Å²) >= 11 is 3.67. The lowest BCUT2D eigenvalue weighted by molar-refractivity contribution is 0.563. The molecule has 0 amide bonds. The molecule has 33 heavy (non-hydrogen) atoms. The van der Waals surface area contributed by atoms with Crippen molar-refractivity contribution in [2.75, 3.05) is 34.5 Å². The fourth-order valence-corrected chi connectivity index (χ4v) is 8.46. The smallest absolute Gasteiger partial charge is 0.151 e. The zero-order chi connectivity index (χ0) is 24.3. The summed E-state index contributed by atoms with van der Waals surface area (Å²) in [6, 6.07) is 0. The molecule has 0 N–H and O–H groups in total. The average molecular weight is 523 g/mol. The quantitative estimate of drug-likeness (QED) is 0.0957. The molecule has 0 aromatic rings. The largest absolute Gasteiger partial charge is 0.229 e. The third kappa shape index (κ3) is 28.8. The minimum atomic E-state index is -2.85. The van der Waals surface area contributed by atoms with Crippen LogP contribution in [-0.2, 0) is 9.84 Å². The van der Waals surface area contributed by atoms with Gasteiger partial charge in [0.2, 0.25) is 0 Å². The van der Waals surface area contributed by atoms with Crippen LogP contribution in [0.1, 0.15) is 142 Å². The second-order valence-corrected chi connectivity index (χ2v) is 14.5. The van der Waals surface area contributed by atoms with Crippen LogP contribution >= 0.6 is 23.5 Å². The van der Waals surface area contributed by atoms with Gasteiger partial charge in [-0.1, -0.05) is 129 Å². The van der Waals surface area contributed by atoms with Crippen LogP contribution in [0.5, 0.6) is 0 Å². The first-order valence-corrected chi connectivity index (χ1v) is 18.6. The van der Waals surface area contributed by atoms with E-state index in [1.54, 1.807) is 0 Å². The fraction of sp³-hybridized carbons (Fsp3) is 1.00. The van der Waals surface area contributed by atoms with Gasteiger partial charge in [-0.3, -0.25) is 0 Å². The van der Waals surface area contributed by atoms with Crippen LogP contribution in [0.25, 0.3) is 0 Å². The highest BCUT2D eigenvalue weighted by Gasteiger charge is 2.10. The van der Waals surface area contributed by atoms with Gasteiger partial charge in [-0.15, -0.1) is 0 Å². The Hall–Kier alpha value is 0.650. The Morgan fingerprint density at radius 3 is 0.970 bits per heavy atom. The molecule has 5 heteroatoms. The van der Waals surface area contributed by atoms with Crippen molar-refractivity contribution in [2.24, 2.45) is 0 Å². The maximum atomic E-state index is 12.2. The van der Waals surface area contributed by atoms with E-state index in [1.807, 2.05) is 23.5 Å². The van der Waals surface area contributed by atoms with Gasteiger partial charge in [0.15, 0.2) is 9.84 Å². The van der Waals surface area contributed by atoms with Gasteiger partial charge < -0.3 is 0 Å². The van der Waals surface area contributed by atoms with Crippen molar-refractivity contribution < 1.29 is 8.42 Å². The molecule has 0 aliphatic heterocycles. The number of hydrogen-bond donors (Lipinski definition) is 0. The molecule has 0 aromatic carbocycles. The summed E-state index contributed by atoms with van der Waals surface area (Å²) in [5.41, 5.74) is 0. The first-order valence-electron chi connectivity index (χ1n) is 14.5. The average Bonchev–Trinajstić information content (AvgIpc) is 2.80. The number of rotatable bonds is 28. The molecular formula is C28H58O2S3. The number of sulfone groups is 1. The van der Waals surface area contributed by atoms with E-state index in [-0.39, 0.29) is 0 Å². The molecule has 0 aromatic heterocycles. The van der Waals surface area contributed by atoms with Crippen LogP contribution in [0.3, 0.4) is 0 Å². The number of unbranched alkanes of at least 4 members (excludes halogenated alkanes) is 18. The van der Waals surface area contributed by atoms with Gasteiger partial charge >= 0.3 is 0 Å². The van der Waals surface area contributed by atoms with E-state index in [1.165, 1.54) is 128 Å². The van der Waals surface area contributed by atoms with E-state index in [9.17, 15) is 8.42 Å². The molecule has 0 aliphatic rings. The summed E-state index contributed by atoms with van der Waals surface area (Å²) in [7, 11) is -2.85. The summed E-state index contributed by atoms with van der Waals surface area (Å²) in [5.74, 6) is 4.55. The Kier molecular flexibility index (Phi) is 27.8. The minimum absolute atomic E-state index is 0.369. The summed E-state index contributed by atoms with van der Waals surface area (Å²) < 4.78 is 24.4. The van der Waals surface area contributed by atoms with Gasteiger partial charge in [0.25, 0.3) is 0 Å². The number of hydrogen-bond acceptors (Lipinski definition) is 4. The Bertz CT molecular complexity index is 430. The highest BCUT2D eigenvalue weighted by molar-refractivity contribution is 8.01. The minimum Gasteiger partial charge on any atom is -0.229 e. The predicted molar refractivity (Wildman–Crippen MR) is 157 cm³/mol. The molecule has 0 radical (unpaired) electrons. The first-order chi connectivity index (χ1) is 16.1. The van der Waals surface area contributed by atoms with E-state index in [4.69, 9.17) is 0 Å². The van der Waals surface area contributed by atoms with Crippen LogP contribution in [0.2, 0.25) is 0 Å². The Balaban J connectivity index is 3.30. The zero-order valence-electron chi connectivity index (χ0n) is 22.4. The molecular weight excluding hydrogens is 465 g/mol. The van der Waals surface area contributed by atoms with Crippen molar-refractivity contribution in [3.8, 4) is 0 Å². The SMILES string of the molecule is CCCCCCCCCCCCSCCS(=O)(=O)CCSCCCCCCCCCCCC. The molecule has 0 unspecified atom stereocenters. The molecule has 0 bridgehead atoms. The van der Waals surface area contributed by atoms with Crippen molar-refractivity contribution in [3.05, 3.63) is 0 Å². The van der Waals surface area contributed by atoms with Crippen LogP contribution < -0.4 is 0 Å². The monoisotopic (exact) mass is 522 g/mol. The van der Waals surface area contributed by atoms with Crippen LogP contribution in [-0.4, -0.2) is 42.9 Å². The predicted octanol–water partition coefficient (Wildman–Crippen LogP) is 9.71. The van der Waals surface area contributed by atoms with Crippen LogP contribution in [0, 0.1) is 0 Å². The van der Waals surface area contributed by atoms with E-state index in [0.717, 1.165) is 23.0 Å². The highest BCUT2D eigenvalue weighted by atomic mass is 32.2. The lowest BCUT2D eigenvalue weighted by Crippen LogP contribution is -2.15. The van der Waals surface area contributed by atoms with Gasteiger partial charge in [0.1, 0.15) is 0 Å². The second-order valence-electron chi connectivity index (χ2n) is 9.74. The molecule has 200 valence electrons. The normalized spacial score (nSPS) is 11.9. The molecule has 0 fully saturated rings. The number of thioether (sulfide) groups is 2. The molecule has 0 aliphatic carbocycles. The van der Waals surface area contributed by atoms with Gasteiger partial charge in [-0.25, -0.2) is 8.42 Å². The van der Waals surface area contributed by atoms with Crippen molar-refractivity contribution in [1.29, 1.82) is 0 Å².